The van der Waals surface area contributed by atoms with Gasteiger partial charge in [0.2, 0.25) is 0 Å². The quantitative estimate of drug-likeness (QED) is 0.714. The van der Waals surface area contributed by atoms with Crippen molar-refractivity contribution in [2.75, 3.05) is 39.3 Å². The van der Waals surface area contributed by atoms with Gasteiger partial charge in [0, 0.05) is 26.2 Å². The van der Waals surface area contributed by atoms with Crippen LogP contribution in [0.15, 0.2) is 0 Å². The van der Waals surface area contributed by atoms with E-state index in [-0.39, 0.29) is 11.9 Å². The van der Waals surface area contributed by atoms with Crippen LogP contribution < -0.4 is 10.6 Å². The van der Waals surface area contributed by atoms with Crippen molar-refractivity contribution in [2.24, 2.45) is 5.41 Å². The van der Waals surface area contributed by atoms with Gasteiger partial charge in [-0.3, -0.25) is 9.69 Å². The Bertz CT molecular complexity index is 429. The molecule has 0 aliphatic carbocycles. The van der Waals surface area contributed by atoms with Gasteiger partial charge in [-0.25, -0.2) is 4.79 Å². The van der Waals surface area contributed by atoms with Gasteiger partial charge < -0.3 is 15.5 Å². The number of carbonyl (C=O) groups is 2. The summed E-state index contributed by atoms with van der Waals surface area (Å²) in [4.78, 5) is 27.7. The van der Waals surface area contributed by atoms with Gasteiger partial charge in [0.15, 0.2) is 0 Å². The van der Waals surface area contributed by atoms with E-state index in [0.29, 0.717) is 12.0 Å². The van der Waals surface area contributed by atoms with E-state index in [1.807, 2.05) is 0 Å². The Morgan fingerprint density at radius 2 is 2.00 bits per heavy atom. The number of hydrogen-bond donors (Lipinski definition) is 2. The third-order valence-electron chi connectivity index (χ3n) is 4.93. The molecule has 1 unspecified atom stereocenters. The molecule has 0 bridgehead atoms. The number of amides is 3. The predicted molar refractivity (Wildman–Crippen MR) is 75.3 cm³/mol. The van der Waals surface area contributed by atoms with Gasteiger partial charge in [0.1, 0.15) is 5.54 Å². The number of likely N-dealkylation sites (tertiary alicyclic amines) is 1. The SMILES string of the molecule is CC1(C)NC(=O)N(CCN2CCC3(CCNC3)C2)C1=O. The van der Waals surface area contributed by atoms with Crippen LogP contribution in [0.1, 0.15) is 26.7 Å². The van der Waals surface area contributed by atoms with Gasteiger partial charge in [0.25, 0.3) is 5.91 Å². The molecule has 20 heavy (non-hydrogen) atoms. The topological polar surface area (TPSA) is 64.7 Å². The van der Waals surface area contributed by atoms with Crippen LogP contribution in [0.5, 0.6) is 0 Å². The first kappa shape index (κ1) is 13.8. The number of hydrogen-bond acceptors (Lipinski definition) is 4. The fourth-order valence-corrected chi connectivity index (χ4v) is 3.62. The molecule has 3 amide bonds. The second kappa shape index (κ2) is 4.70. The number of carbonyl (C=O) groups excluding carboxylic acids is 2. The number of imide groups is 1. The van der Waals surface area contributed by atoms with Crippen LogP contribution in [0.4, 0.5) is 4.79 Å². The lowest BCUT2D eigenvalue weighted by atomic mass is 9.87. The molecule has 3 rings (SSSR count). The van der Waals surface area contributed by atoms with E-state index >= 15 is 0 Å². The molecule has 3 aliphatic heterocycles. The van der Waals surface area contributed by atoms with Gasteiger partial charge in [-0.15, -0.1) is 0 Å². The molecule has 3 heterocycles. The van der Waals surface area contributed by atoms with E-state index in [0.717, 1.165) is 32.7 Å². The molecule has 1 atom stereocenters. The standard InChI is InChI=1S/C14H24N4O2/c1-13(2)11(19)18(12(20)16-13)8-7-17-6-4-14(10-17)3-5-15-9-14/h15H,3-10H2,1-2H3,(H,16,20). The Hall–Kier alpha value is -1.14. The third-order valence-corrected chi connectivity index (χ3v) is 4.93. The highest BCUT2D eigenvalue weighted by atomic mass is 16.2. The molecular weight excluding hydrogens is 256 g/mol. The fourth-order valence-electron chi connectivity index (χ4n) is 3.62. The molecule has 6 nitrogen and oxygen atoms in total. The smallest absolute Gasteiger partial charge is 0.324 e. The molecule has 112 valence electrons. The summed E-state index contributed by atoms with van der Waals surface area (Å²) >= 11 is 0. The van der Waals surface area contributed by atoms with Crippen molar-refractivity contribution in [1.82, 2.24) is 20.4 Å². The lowest BCUT2D eigenvalue weighted by molar-refractivity contribution is -0.130. The molecule has 3 fully saturated rings. The van der Waals surface area contributed by atoms with Crippen LogP contribution in [0.3, 0.4) is 0 Å². The Morgan fingerprint density at radius 1 is 1.20 bits per heavy atom. The van der Waals surface area contributed by atoms with E-state index in [1.165, 1.54) is 17.7 Å². The van der Waals surface area contributed by atoms with Crippen molar-refractivity contribution in [3.63, 3.8) is 0 Å². The number of nitrogens with one attached hydrogen (secondary N) is 2. The van der Waals surface area contributed by atoms with Gasteiger partial charge in [-0.1, -0.05) is 0 Å². The molecule has 0 aromatic heterocycles. The molecule has 1 spiro atoms. The summed E-state index contributed by atoms with van der Waals surface area (Å²) < 4.78 is 0. The zero-order valence-electron chi connectivity index (χ0n) is 12.4. The van der Waals surface area contributed by atoms with Crippen LogP contribution in [-0.2, 0) is 4.79 Å². The van der Waals surface area contributed by atoms with Crippen molar-refractivity contribution in [3.05, 3.63) is 0 Å². The first-order valence-corrected chi connectivity index (χ1v) is 7.49. The second-order valence-corrected chi connectivity index (χ2v) is 6.96. The Balaban J connectivity index is 1.53. The van der Waals surface area contributed by atoms with Crippen LogP contribution in [-0.4, -0.2) is 66.5 Å². The first-order valence-electron chi connectivity index (χ1n) is 7.49. The third kappa shape index (κ3) is 2.31. The lowest BCUT2D eigenvalue weighted by Crippen LogP contribution is -2.42. The van der Waals surface area contributed by atoms with E-state index < -0.39 is 5.54 Å². The van der Waals surface area contributed by atoms with Crippen molar-refractivity contribution in [1.29, 1.82) is 0 Å². The van der Waals surface area contributed by atoms with Gasteiger partial charge in [0.05, 0.1) is 0 Å². The molecule has 6 heteroatoms. The molecule has 0 aromatic carbocycles. The number of nitrogens with zero attached hydrogens (tertiary/aromatic N) is 2. The highest BCUT2D eigenvalue weighted by molar-refractivity contribution is 6.06. The van der Waals surface area contributed by atoms with Crippen LogP contribution in [0.25, 0.3) is 0 Å². The summed E-state index contributed by atoms with van der Waals surface area (Å²) in [5.74, 6) is -0.112. The largest absolute Gasteiger partial charge is 0.325 e. The number of rotatable bonds is 3. The van der Waals surface area contributed by atoms with Gasteiger partial charge >= 0.3 is 6.03 Å². The van der Waals surface area contributed by atoms with E-state index in [2.05, 4.69) is 15.5 Å². The second-order valence-electron chi connectivity index (χ2n) is 6.96. The summed E-state index contributed by atoms with van der Waals surface area (Å²) in [7, 11) is 0. The van der Waals surface area contributed by atoms with E-state index in [4.69, 9.17) is 0 Å². The molecule has 0 radical (unpaired) electrons. The maximum Gasteiger partial charge on any atom is 0.325 e. The average molecular weight is 280 g/mol. The maximum absolute atomic E-state index is 12.1. The van der Waals surface area contributed by atoms with Gasteiger partial charge in [-0.2, -0.15) is 0 Å². The Labute approximate surface area is 119 Å². The first-order chi connectivity index (χ1) is 9.42. The lowest BCUT2D eigenvalue weighted by Gasteiger charge is -2.24. The summed E-state index contributed by atoms with van der Waals surface area (Å²) in [5.41, 5.74) is -0.310. The van der Waals surface area contributed by atoms with Crippen molar-refractivity contribution >= 4 is 11.9 Å². The summed E-state index contributed by atoms with van der Waals surface area (Å²) in [6, 6.07) is -0.253. The molecular formula is C14H24N4O2. The maximum atomic E-state index is 12.1. The highest BCUT2D eigenvalue weighted by Gasteiger charge is 2.45. The van der Waals surface area contributed by atoms with E-state index in [9.17, 15) is 9.59 Å². The molecule has 0 saturated carbocycles. The minimum Gasteiger partial charge on any atom is -0.324 e. The normalized spacial score (nSPS) is 33.4. The molecule has 3 aliphatic rings. The molecule has 0 aromatic rings. The Kier molecular flexibility index (Phi) is 3.25. The van der Waals surface area contributed by atoms with Crippen LogP contribution >= 0.6 is 0 Å². The van der Waals surface area contributed by atoms with Gasteiger partial charge in [-0.05, 0) is 45.2 Å². The fraction of sp³-hybridized carbons (Fsp3) is 0.857. The minimum absolute atomic E-state index is 0.112. The summed E-state index contributed by atoms with van der Waals surface area (Å²) in [5, 5.41) is 6.17. The predicted octanol–water partition coefficient (Wildman–Crippen LogP) is 0.00220. The summed E-state index contributed by atoms with van der Waals surface area (Å²) in [6.45, 7) is 9.19. The average Bonchev–Trinajstić information content (AvgIpc) is 3.03. The molecule has 3 saturated heterocycles. The van der Waals surface area contributed by atoms with Crippen LogP contribution in [0, 0.1) is 5.41 Å². The van der Waals surface area contributed by atoms with E-state index in [1.54, 1.807) is 13.8 Å². The zero-order valence-corrected chi connectivity index (χ0v) is 12.4. The highest BCUT2D eigenvalue weighted by Crippen LogP contribution is 2.35. The van der Waals surface area contributed by atoms with Crippen molar-refractivity contribution in [3.8, 4) is 0 Å². The molecule has 2 N–H and O–H groups in total. The van der Waals surface area contributed by atoms with Crippen LogP contribution in [0.2, 0.25) is 0 Å². The van der Waals surface area contributed by atoms with Crippen molar-refractivity contribution in [2.45, 2.75) is 32.2 Å². The minimum atomic E-state index is -0.751. The monoisotopic (exact) mass is 280 g/mol. The number of urea groups is 1. The summed E-state index contributed by atoms with van der Waals surface area (Å²) in [6.07, 6.45) is 2.48. The Morgan fingerprint density at radius 3 is 2.60 bits per heavy atom. The van der Waals surface area contributed by atoms with Crippen molar-refractivity contribution < 1.29 is 9.59 Å². The zero-order chi connectivity index (χ0) is 14.4.